The first-order chi connectivity index (χ1) is 6.42. The third-order valence-corrected chi connectivity index (χ3v) is 1.91. The lowest BCUT2D eigenvalue weighted by Gasteiger charge is -2.05. The van der Waals surface area contributed by atoms with Crippen molar-refractivity contribution in [2.24, 2.45) is 0 Å². The Morgan fingerprint density at radius 1 is 1.23 bits per heavy atom. The maximum atomic E-state index is 5.48. The van der Waals surface area contributed by atoms with E-state index in [0.717, 1.165) is 16.7 Å². The molecule has 0 radical (unpaired) electrons. The fraction of sp³-hybridized carbons (Fsp3) is 0.182. The molecule has 2 aromatic rings. The van der Waals surface area contributed by atoms with Crippen molar-refractivity contribution in [3.8, 4) is 5.75 Å². The van der Waals surface area contributed by atoms with Gasteiger partial charge in [0.1, 0.15) is 5.75 Å². The Kier molecular flexibility index (Phi) is 2.13. The first kappa shape index (κ1) is 8.05. The molecule has 0 saturated heterocycles. The molecule has 1 aromatic carbocycles. The van der Waals surface area contributed by atoms with Gasteiger partial charge in [-0.3, -0.25) is 4.98 Å². The smallest absolute Gasteiger partial charge is 0.128 e. The van der Waals surface area contributed by atoms with Gasteiger partial charge in [0.2, 0.25) is 0 Å². The molecule has 13 heavy (non-hydrogen) atoms. The van der Waals surface area contributed by atoms with Crippen LogP contribution in [0.5, 0.6) is 5.75 Å². The van der Waals surface area contributed by atoms with Gasteiger partial charge in [-0.05, 0) is 31.2 Å². The lowest BCUT2D eigenvalue weighted by Crippen LogP contribution is -1.92. The van der Waals surface area contributed by atoms with Gasteiger partial charge in [-0.15, -0.1) is 0 Å². The highest BCUT2D eigenvalue weighted by Gasteiger charge is 1.99. The van der Waals surface area contributed by atoms with Gasteiger partial charge < -0.3 is 4.74 Å². The van der Waals surface area contributed by atoms with Crippen LogP contribution < -0.4 is 4.74 Å². The number of benzene rings is 1. The topological polar surface area (TPSA) is 22.1 Å². The van der Waals surface area contributed by atoms with Gasteiger partial charge in [0.25, 0.3) is 0 Å². The monoisotopic (exact) mass is 173 g/mol. The molecule has 1 heterocycles. The highest BCUT2D eigenvalue weighted by atomic mass is 16.5. The molecule has 0 aliphatic heterocycles. The molecule has 66 valence electrons. The zero-order chi connectivity index (χ0) is 9.10. The second-order valence-electron chi connectivity index (χ2n) is 2.76. The summed E-state index contributed by atoms with van der Waals surface area (Å²) in [6.45, 7) is 2.67. The fourth-order valence-electron chi connectivity index (χ4n) is 1.36. The number of aromatic nitrogens is 1. The molecule has 2 nitrogen and oxygen atoms in total. The Bertz CT molecular complexity index is 406. The quantitative estimate of drug-likeness (QED) is 0.696. The van der Waals surface area contributed by atoms with E-state index in [1.165, 1.54) is 0 Å². The van der Waals surface area contributed by atoms with Crippen LogP contribution in [-0.4, -0.2) is 11.6 Å². The van der Waals surface area contributed by atoms with E-state index in [2.05, 4.69) is 4.98 Å². The summed E-state index contributed by atoms with van der Waals surface area (Å²) in [5.41, 5.74) is 0.980. The largest absolute Gasteiger partial charge is 0.493 e. The molecule has 0 fully saturated rings. The van der Waals surface area contributed by atoms with Crippen LogP contribution in [0.4, 0.5) is 0 Å². The van der Waals surface area contributed by atoms with Crippen LogP contribution in [0.15, 0.2) is 36.5 Å². The van der Waals surface area contributed by atoms with Crippen LogP contribution in [0, 0.1) is 0 Å². The summed E-state index contributed by atoms with van der Waals surface area (Å²) in [4.78, 5) is 4.24. The average molecular weight is 173 g/mol. The summed E-state index contributed by atoms with van der Waals surface area (Å²) >= 11 is 0. The first-order valence-electron chi connectivity index (χ1n) is 4.38. The minimum atomic E-state index is 0.688. The third kappa shape index (κ3) is 1.47. The third-order valence-electron chi connectivity index (χ3n) is 1.91. The molecule has 0 unspecified atom stereocenters. The first-order valence-corrected chi connectivity index (χ1v) is 4.38. The van der Waals surface area contributed by atoms with Gasteiger partial charge in [0.05, 0.1) is 12.1 Å². The molecule has 0 amide bonds. The number of pyridine rings is 1. The maximum Gasteiger partial charge on any atom is 0.128 e. The number of ether oxygens (including phenoxy) is 1. The van der Waals surface area contributed by atoms with E-state index in [9.17, 15) is 0 Å². The van der Waals surface area contributed by atoms with E-state index in [-0.39, 0.29) is 0 Å². The van der Waals surface area contributed by atoms with Crippen LogP contribution in [-0.2, 0) is 0 Å². The Morgan fingerprint density at radius 2 is 2.15 bits per heavy atom. The summed E-state index contributed by atoms with van der Waals surface area (Å²) in [6, 6.07) is 9.85. The van der Waals surface area contributed by atoms with Crippen molar-refractivity contribution in [1.82, 2.24) is 4.98 Å². The second-order valence-corrected chi connectivity index (χ2v) is 2.76. The summed E-state index contributed by atoms with van der Waals surface area (Å²) in [5, 5.41) is 1.08. The van der Waals surface area contributed by atoms with E-state index in [4.69, 9.17) is 4.74 Å². The standard InChI is InChI=1S/C11H11NO/c1-2-13-11-7-3-6-10-9(11)5-4-8-12-10/h3-8H,2H2,1H3. The highest BCUT2D eigenvalue weighted by molar-refractivity contribution is 5.84. The summed E-state index contributed by atoms with van der Waals surface area (Å²) in [5.74, 6) is 0.910. The van der Waals surface area contributed by atoms with Crippen LogP contribution in [0.2, 0.25) is 0 Å². The number of nitrogens with zero attached hydrogens (tertiary/aromatic N) is 1. The van der Waals surface area contributed by atoms with Crippen LogP contribution in [0.3, 0.4) is 0 Å². The van der Waals surface area contributed by atoms with Crippen LogP contribution in [0.25, 0.3) is 10.9 Å². The molecule has 0 bridgehead atoms. The molecule has 0 saturated carbocycles. The average Bonchev–Trinajstić information content (AvgIpc) is 2.19. The van der Waals surface area contributed by atoms with Crippen molar-refractivity contribution in [1.29, 1.82) is 0 Å². The minimum Gasteiger partial charge on any atom is -0.493 e. The van der Waals surface area contributed by atoms with Gasteiger partial charge in [-0.1, -0.05) is 6.07 Å². The number of fused-ring (bicyclic) bond motifs is 1. The van der Waals surface area contributed by atoms with Gasteiger partial charge in [0, 0.05) is 11.6 Å². The van der Waals surface area contributed by atoms with E-state index in [0.29, 0.717) is 6.61 Å². The second kappa shape index (κ2) is 3.44. The van der Waals surface area contributed by atoms with Crippen LogP contribution >= 0.6 is 0 Å². The van der Waals surface area contributed by atoms with E-state index in [1.807, 2.05) is 37.3 Å². The lowest BCUT2D eigenvalue weighted by atomic mass is 10.2. The molecule has 2 rings (SSSR count). The SMILES string of the molecule is CCOc1cccc2ncccc12. The van der Waals surface area contributed by atoms with Crippen molar-refractivity contribution in [2.75, 3.05) is 6.61 Å². The Hall–Kier alpha value is -1.57. The predicted molar refractivity (Wildman–Crippen MR) is 52.9 cm³/mol. The fourth-order valence-corrected chi connectivity index (χ4v) is 1.36. The van der Waals surface area contributed by atoms with E-state index in [1.54, 1.807) is 6.20 Å². The molecule has 0 spiro atoms. The van der Waals surface area contributed by atoms with Crippen molar-refractivity contribution < 1.29 is 4.74 Å². The van der Waals surface area contributed by atoms with E-state index >= 15 is 0 Å². The Balaban J connectivity index is 2.61. The highest BCUT2D eigenvalue weighted by Crippen LogP contribution is 2.23. The molecule has 0 N–H and O–H groups in total. The summed E-state index contributed by atoms with van der Waals surface area (Å²) < 4.78 is 5.48. The van der Waals surface area contributed by atoms with Gasteiger partial charge in [-0.2, -0.15) is 0 Å². The molecule has 1 aromatic heterocycles. The van der Waals surface area contributed by atoms with Crippen molar-refractivity contribution in [3.63, 3.8) is 0 Å². The number of rotatable bonds is 2. The lowest BCUT2D eigenvalue weighted by molar-refractivity contribution is 0.344. The Labute approximate surface area is 77.2 Å². The summed E-state index contributed by atoms with van der Waals surface area (Å²) in [6.07, 6.45) is 1.79. The van der Waals surface area contributed by atoms with Crippen LogP contribution in [0.1, 0.15) is 6.92 Å². The molecular weight excluding hydrogens is 162 g/mol. The predicted octanol–water partition coefficient (Wildman–Crippen LogP) is 2.63. The molecule has 2 heteroatoms. The normalized spacial score (nSPS) is 10.2. The molecule has 0 atom stereocenters. The van der Waals surface area contributed by atoms with Gasteiger partial charge in [-0.25, -0.2) is 0 Å². The molecule has 0 aliphatic rings. The van der Waals surface area contributed by atoms with Crippen molar-refractivity contribution in [3.05, 3.63) is 36.5 Å². The minimum absolute atomic E-state index is 0.688. The van der Waals surface area contributed by atoms with Gasteiger partial charge in [0.15, 0.2) is 0 Å². The molecular formula is C11H11NO. The number of hydrogen-bond acceptors (Lipinski definition) is 2. The summed E-state index contributed by atoms with van der Waals surface area (Å²) in [7, 11) is 0. The zero-order valence-corrected chi connectivity index (χ0v) is 7.53. The van der Waals surface area contributed by atoms with E-state index < -0.39 is 0 Å². The van der Waals surface area contributed by atoms with Crippen molar-refractivity contribution >= 4 is 10.9 Å². The Morgan fingerprint density at radius 3 is 3.00 bits per heavy atom. The van der Waals surface area contributed by atoms with Crippen molar-refractivity contribution in [2.45, 2.75) is 6.92 Å². The molecule has 0 aliphatic carbocycles. The maximum absolute atomic E-state index is 5.48. The number of hydrogen-bond donors (Lipinski definition) is 0. The zero-order valence-electron chi connectivity index (χ0n) is 7.53. The van der Waals surface area contributed by atoms with Gasteiger partial charge >= 0.3 is 0 Å².